The van der Waals surface area contributed by atoms with E-state index in [2.05, 4.69) is 0 Å². The van der Waals surface area contributed by atoms with Crippen molar-refractivity contribution in [1.82, 2.24) is 0 Å². The number of ether oxygens (including phenoxy) is 2. The lowest BCUT2D eigenvalue weighted by Gasteiger charge is -2.09. The van der Waals surface area contributed by atoms with Crippen LogP contribution in [0.3, 0.4) is 0 Å². The summed E-state index contributed by atoms with van der Waals surface area (Å²) in [5, 5.41) is 0. The van der Waals surface area contributed by atoms with Gasteiger partial charge in [0.2, 0.25) is 0 Å². The molecule has 0 aliphatic carbocycles. The summed E-state index contributed by atoms with van der Waals surface area (Å²) in [4.78, 5) is 0. The van der Waals surface area contributed by atoms with Crippen molar-refractivity contribution in [3.8, 4) is 0 Å². The third-order valence-electron chi connectivity index (χ3n) is 1.26. The maximum atomic E-state index is 5.52. The average molecular weight is 185 g/mol. The van der Waals surface area contributed by atoms with Crippen molar-refractivity contribution in [2.45, 2.75) is 12.2 Å². The topological polar surface area (TPSA) is 21.8 Å². The van der Waals surface area contributed by atoms with Crippen LogP contribution in [-0.2, 0) is 9.47 Å². The first-order valence-corrected chi connectivity index (χ1v) is 4.29. The van der Waals surface area contributed by atoms with E-state index in [9.17, 15) is 0 Å². The predicted octanol–water partition coefficient (Wildman–Crippen LogP) is 1.25. The molecule has 1 saturated heterocycles. The predicted molar refractivity (Wildman–Crippen MR) is 40.9 cm³/mol. The van der Waals surface area contributed by atoms with E-state index in [0.717, 1.165) is 6.61 Å². The molecule has 0 saturated carbocycles. The minimum Gasteiger partial charge on any atom is -0.373 e. The molecule has 1 atom stereocenters. The summed E-state index contributed by atoms with van der Waals surface area (Å²) < 4.78 is 10.2. The van der Waals surface area contributed by atoms with Crippen LogP contribution in [-0.4, -0.2) is 37.2 Å². The van der Waals surface area contributed by atoms with Crippen molar-refractivity contribution in [3.63, 3.8) is 0 Å². The highest BCUT2D eigenvalue weighted by Crippen LogP contribution is 2.10. The van der Waals surface area contributed by atoms with E-state index in [-0.39, 0.29) is 6.10 Å². The summed E-state index contributed by atoms with van der Waals surface area (Å²) in [6, 6.07) is 0. The van der Waals surface area contributed by atoms with Gasteiger partial charge in [-0.15, -0.1) is 23.2 Å². The maximum absolute atomic E-state index is 5.52. The van der Waals surface area contributed by atoms with Crippen LogP contribution in [0.1, 0.15) is 0 Å². The van der Waals surface area contributed by atoms with Crippen molar-refractivity contribution < 1.29 is 9.47 Å². The Labute approximate surface area is 70.4 Å². The molecule has 1 unspecified atom stereocenters. The molecule has 1 aliphatic heterocycles. The lowest BCUT2D eigenvalue weighted by Crippen LogP contribution is -2.19. The van der Waals surface area contributed by atoms with Gasteiger partial charge in [0.05, 0.1) is 19.3 Å². The molecule has 0 aromatic carbocycles. The monoisotopic (exact) mass is 184 g/mol. The molecule has 1 aliphatic rings. The van der Waals surface area contributed by atoms with E-state index in [1.165, 1.54) is 0 Å². The van der Waals surface area contributed by atoms with E-state index in [4.69, 9.17) is 32.7 Å². The summed E-state index contributed by atoms with van der Waals surface area (Å²) >= 11 is 11.0. The van der Waals surface area contributed by atoms with E-state index in [0.29, 0.717) is 24.5 Å². The van der Waals surface area contributed by atoms with Crippen LogP contribution in [0.2, 0.25) is 0 Å². The summed E-state index contributed by atoms with van der Waals surface area (Å²) in [6.07, 6.45) is 0.279. The normalized spacial score (nSPS) is 23.7. The number of rotatable bonds is 5. The lowest BCUT2D eigenvalue weighted by atomic mass is 10.4. The molecule has 10 heavy (non-hydrogen) atoms. The molecule has 1 rings (SSSR count). The first-order valence-electron chi connectivity index (χ1n) is 3.22. The highest BCUT2D eigenvalue weighted by Gasteiger charge is 2.23. The van der Waals surface area contributed by atoms with Crippen LogP contribution in [0.25, 0.3) is 0 Å². The van der Waals surface area contributed by atoms with Crippen molar-refractivity contribution >= 4 is 23.2 Å². The van der Waals surface area contributed by atoms with Gasteiger partial charge in [0.25, 0.3) is 0 Å². The summed E-state index contributed by atoms with van der Waals surface area (Å²) in [5.74, 6) is 0.909. The fourth-order valence-electron chi connectivity index (χ4n) is 0.538. The standard InChI is InChI=1S/C6H10Cl2O2/c7-1-5(2-8)9-3-6-4-10-6/h5-6H,1-4H2. The Hall–Kier alpha value is 0.500. The Morgan fingerprint density at radius 1 is 1.50 bits per heavy atom. The average Bonchev–Trinajstić information content (AvgIpc) is 2.74. The second-order valence-electron chi connectivity index (χ2n) is 2.22. The molecule has 0 aromatic rings. The van der Waals surface area contributed by atoms with Crippen molar-refractivity contribution in [2.75, 3.05) is 25.0 Å². The summed E-state index contributed by atoms with van der Waals surface area (Å²) in [6.45, 7) is 1.45. The number of hydrogen-bond acceptors (Lipinski definition) is 2. The van der Waals surface area contributed by atoms with Crippen LogP contribution in [0, 0.1) is 0 Å². The Morgan fingerprint density at radius 2 is 2.10 bits per heavy atom. The largest absolute Gasteiger partial charge is 0.373 e. The van der Waals surface area contributed by atoms with Gasteiger partial charge in [0.15, 0.2) is 0 Å². The molecule has 1 heterocycles. The number of hydrogen-bond donors (Lipinski definition) is 0. The van der Waals surface area contributed by atoms with Gasteiger partial charge in [0, 0.05) is 11.8 Å². The van der Waals surface area contributed by atoms with E-state index in [1.807, 2.05) is 0 Å². The fraction of sp³-hybridized carbons (Fsp3) is 1.00. The second-order valence-corrected chi connectivity index (χ2v) is 2.84. The smallest absolute Gasteiger partial charge is 0.104 e. The molecule has 0 aromatic heterocycles. The lowest BCUT2D eigenvalue weighted by molar-refractivity contribution is 0.0703. The number of alkyl halides is 2. The van der Waals surface area contributed by atoms with Crippen LogP contribution < -0.4 is 0 Å². The van der Waals surface area contributed by atoms with Gasteiger partial charge in [0.1, 0.15) is 6.10 Å². The second kappa shape index (κ2) is 4.39. The molecule has 60 valence electrons. The molecule has 0 N–H and O–H groups in total. The van der Waals surface area contributed by atoms with Gasteiger partial charge in [-0.1, -0.05) is 0 Å². The van der Waals surface area contributed by atoms with E-state index < -0.39 is 0 Å². The highest BCUT2D eigenvalue weighted by molar-refractivity contribution is 6.21. The minimum atomic E-state index is -0.0208. The summed E-state index contributed by atoms with van der Waals surface area (Å²) in [7, 11) is 0. The molecular weight excluding hydrogens is 175 g/mol. The van der Waals surface area contributed by atoms with Crippen molar-refractivity contribution in [2.24, 2.45) is 0 Å². The SMILES string of the molecule is ClCC(CCl)OCC1CO1. The minimum absolute atomic E-state index is 0.0208. The molecule has 4 heteroatoms. The molecule has 0 radical (unpaired) electrons. The van der Waals surface area contributed by atoms with Crippen molar-refractivity contribution in [3.05, 3.63) is 0 Å². The Bertz CT molecular complexity index is 91.7. The zero-order valence-corrected chi connectivity index (χ0v) is 7.07. The molecule has 0 spiro atoms. The number of halogens is 2. The van der Waals surface area contributed by atoms with Gasteiger partial charge in [-0.25, -0.2) is 0 Å². The quantitative estimate of drug-likeness (QED) is 0.474. The van der Waals surface area contributed by atoms with Gasteiger partial charge >= 0.3 is 0 Å². The van der Waals surface area contributed by atoms with Crippen molar-refractivity contribution in [1.29, 1.82) is 0 Å². The van der Waals surface area contributed by atoms with Crippen LogP contribution in [0.4, 0.5) is 0 Å². The summed E-state index contributed by atoms with van der Waals surface area (Å²) in [5.41, 5.74) is 0. The molecule has 0 amide bonds. The van der Waals surface area contributed by atoms with E-state index >= 15 is 0 Å². The molecule has 1 fully saturated rings. The van der Waals surface area contributed by atoms with Gasteiger partial charge in [-0.3, -0.25) is 0 Å². The fourth-order valence-corrected chi connectivity index (χ4v) is 1.05. The zero-order chi connectivity index (χ0) is 7.40. The Kier molecular flexibility index (Phi) is 3.78. The highest BCUT2D eigenvalue weighted by atomic mass is 35.5. The first-order chi connectivity index (χ1) is 4.86. The van der Waals surface area contributed by atoms with Crippen LogP contribution in [0.15, 0.2) is 0 Å². The van der Waals surface area contributed by atoms with Crippen LogP contribution >= 0.6 is 23.2 Å². The maximum Gasteiger partial charge on any atom is 0.104 e. The van der Waals surface area contributed by atoms with Crippen LogP contribution in [0.5, 0.6) is 0 Å². The van der Waals surface area contributed by atoms with Gasteiger partial charge in [-0.2, -0.15) is 0 Å². The Balaban J connectivity index is 1.97. The third-order valence-corrected chi connectivity index (χ3v) is 1.95. The molecule has 0 bridgehead atoms. The zero-order valence-electron chi connectivity index (χ0n) is 5.56. The third kappa shape index (κ3) is 3.06. The van der Waals surface area contributed by atoms with Gasteiger partial charge < -0.3 is 9.47 Å². The van der Waals surface area contributed by atoms with Gasteiger partial charge in [-0.05, 0) is 0 Å². The molecule has 2 nitrogen and oxygen atoms in total. The molecular formula is C6H10Cl2O2. The Morgan fingerprint density at radius 3 is 2.50 bits per heavy atom. The first kappa shape index (κ1) is 8.60. The number of epoxide rings is 1. The van der Waals surface area contributed by atoms with E-state index in [1.54, 1.807) is 0 Å².